The van der Waals surface area contributed by atoms with E-state index in [-0.39, 0.29) is 5.41 Å². The minimum absolute atomic E-state index is 0.260. The Morgan fingerprint density at radius 1 is 1.12 bits per heavy atom. The van der Waals surface area contributed by atoms with Gasteiger partial charge in [-0.1, -0.05) is 45.0 Å². The van der Waals surface area contributed by atoms with Crippen molar-refractivity contribution in [3.8, 4) is 5.75 Å². The van der Waals surface area contributed by atoms with E-state index in [1.165, 1.54) is 11.1 Å². The second-order valence-electron chi connectivity index (χ2n) is 8.68. The minimum Gasteiger partial charge on any atom is -0.487 e. The fraction of sp³-hybridized carbons (Fsp3) is 0.259. The monoisotopic (exact) mass is 428 g/mol. The van der Waals surface area contributed by atoms with Crippen molar-refractivity contribution in [2.75, 3.05) is 0 Å². The molecule has 5 nitrogen and oxygen atoms in total. The molecular formula is C27H28N2O3. The van der Waals surface area contributed by atoms with Crippen molar-refractivity contribution in [1.29, 1.82) is 0 Å². The van der Waals surface area contributed by atoms with Crippen LogP contribution in [0.3, 0.4) is 0 Å². The van der Waals surface area contributed by atoms with Crippen LogP contribution in [0.25, 0.3) is 10.9 Å². The number of carboxylic acid groups (broad SMARTS) is 1. The molecule has 0 fully saturated rings. The Morgan fingerprint density at radius 2 is 1.88 bits per heavy atom. The van der Waals surface area contributed by atoms with Gasteiger partial charge in [-0.25, -0.2) is 4.79 Å². The first-order chi connectivity index (χ1) is 15.3. The molecule has 0 bridgehead atoms. The molecule has 0 aliphatic carbocycles. The molecule has 2 heterocycles. The number of aromatic carboxylic acids is 1. The van der Waals surface area contributed by atoms with Gasteiger partial charge in [0.15, 0.2) is 0 Å². The molecule has 0 radical (unpaired) electrons. The van der Waals surface area contributed by atoms with Crippen LogP contribution in [0.15, 0.2) is 73.1 Å². The number of benzene rings is 2. The number of ether oxygens (including phenoxy) is 1. The number of rotatable bonds is 7. The predicted molar refractivity (Wildman–Crippen MR) is 126 cm³/mol. The minimum atomic E-state index is -0.914. The molecule has 0 aliphatic rings. The highest BCUT2D eigenvalue weighted by Gasteiger charge is 2.35. The average molecular weight is 429 g/mol. The van der Waals surface area contributed by atoms with Gasteiger partial charge in [0, 0.05) is 35.8 Å². The molecule has 0 saturated carbocycles. The molecule has 5 heteroatoms. The third-order valence-electron chi connectivity index (χ3n) is 6.52. The second kappa shape index (κ2) is 8.50. The van der Waals surface area contributed by atoms with Crippen LogP contribution in [-0.2, 0) is 19.1 Å². The summed E-state index contributed by atoms with van der Waals surface area (Å²) in [5, 5.41) is 10.5. The van der Waals surface area contributed by atoms with Crippen molar-refractivity contribution < 1.29 is 14.6 Å². The SMILES string of the molecule is CC(C)C(C)(c1ccc(OCc2ccccn2)cc1)c1cn(C)c2cc(C(=O)O)ccc12. The lowest BCUT2D eigenvalue weighted by Crippen LogP contribution is -2.30. The quantitative estimate of drug-likeness (QED) is 0.403. The molecule has 2 aromatic heterocycles. The van der Waals surface area contributed by atoms with Gasteiger partial charge in [0.2, 0.25) is 0 Å². The Hall–Kier alpha value is -3.60. The summed E-state index contributed by atoms with van der Waals surface area (Å²) in [6, 6.07) is 19.4. The summed E-state index contributed by atoms with van der Waals surface area (Å²) in [6.45, 7) is 7.12. The van der Waals surface area contributed by atoms with E-state index >= 15 is 0 Å². The van der Waals surface area contributed by atoms with Crippen LogP contribution < -0.4 is 4.74 Å². The summed E-state index contributed by atoms with van der Waals surface area (Å²) in [7, 11) is 1.97. The maximum Gasteiger partial charge on any atom is 0.335 e. The summed E-state index contributed by atoms with van der Waals surface area (Å²) in [5.74, 6) is 0.199. The highest BCUT2D eigenvalue weighted by molar-refractivity contribution is 5.95. The standard InChI is InChI=1S/C27H28N2O3/c1-18(2)27(3,24-16-29(4)25-15-19(26(30)31)8-13-23(24)25)20-9-11-22(12-10-20)32-17-21-7-5-6-14-28-21/h5-16,18H,17H2,1-4H3,(H,30,31). The van der Waals surface area contributed by atoms with Gasteiger partial charge in [-0.2, -0.15) is 0 Å². The largest absolute Gasteiger partial charge is 0.487 e. The van der Waals surface area contributed by atoms with Crippen molar-refractivity contribution in [2.24, 2.45) is 13.0 Å². The van der Waals surface area contributed by atoms with Crippen LogP contribution in [0, 0.1) is 5.92 Å². The highest BCUT2D eigenvalue weighted by Crippen LogP contribution is 2.43. The van der Waals surface area contributed by atoms with E-state index in [9.17, 15) is 9.90 Å². The average Bonchev–Trinajstić information content (AvgIpc) is 3.14. The van der Waals surface area contributed by atoms with E-state index in [4.69, 9.17) is 4.74 Å². The summed E-state index contributed by atoms with van der Waals surface area (Å²) >= 11 is 0. The molecule has 1 unspecified atom stereocenters. The molecule has 32 heavy (non-hydrogen) atoms. The molecule has 4 rings (SSSR count). The zero-order valence-corrected chi connectivity index (χ0v) is 18.9. The topological polar surface area (TPSA) is 64.4 Å². The Morgan fingerprint density at radius 3 is 2.50 bits per heavy atom. The number of hydrogen-bond donors (Lipinski definition) is 1. The number of hydrogen-bond acceptors (Lipinski definition) is 3. The lowest BCUT2D eigenvalue weighted by molar-refractivity contribution is 0.0697. The first-order valence-electron chi connectivity index (χ1n) is 10.8. The van der Waals surface area contributed by atoms with E-state index in [2.05, 4.69) is 44.1 Å². The van der Waals surface area contributed by atoms with E-state index in [1.54, 1.807) is 18.3 Å². The van der Waals surface area contributed by atoms with Crippen molar-refractivity contribution in [3.05, 3.63) is 95.4 Å². The maximum atomic E-state index is 11.4. The van der Waals surface area contributed by atoms with Gasteiger partial charge >= 0.3 is 5.97 Å². The fourth-order valence-electron chi connectivity index (χ4n) is 4.27. The first kappa shape index (κ1) is 21.6. The molecule has 164 valence electrons. The molecule has 1 N–H and O–H groups in total. The summed E-state index contributed by atoms with van der Waals surface area (Å²) in [5.41, 5.74) is 4.22. The number of carbonyl (C=O) groups is 1. The summed E-state index contributed by atoms with van der Waals surface area (Å²) in [6.07, 6.45) is 3.89. The number of carboxylic acids is 1. The molecular weight excluding hydrogens is 400 g/mol. The number of aryl methyl sites for hydroxylation is 1. The molecule has 0 spiro atoms. The number of nitrogens with zero attached hydrogens (tertiary/aromatic N) is 2. The number of aromatic nitrogens is 2. The third kappa shape index (κ3) is 3.86. The predicted octanol–water partition coefficient (Wildman–Crippen LogP) is 5.81. The Kier molecular flexibility index (Phi) is 5.74. The Bertz CT molecular complexity index is 1240. The fourth-order valence-corrected chi connectivity index (χ4v) is 4.27. The molecule has 0 amide bonds. The van der Waals surface area contributed by atoms with E-state index < -0.39 is 5.97 Å². The molecule has 4 aromatic rings. The van der Waals surface area contributed by atoms with E-state index in [1.807, 2.05) is 48.0 Å². The number of pyridine rings is 1. The lowest BCUT2D eigenvalue weighted by Gasteiger charge is -2.35. The smallest absolute Gasteiger partial charge is 0.335 e. The van der Waals surface area contributed by atoms with Crippen LogP contribution in [-0.4, -0.2) is 20.6 Å². The van der Waals surface area contributed by atoms with Crippen molar-refractivity contribution in [2.45, 2.75) is 32.8 Å². The Balaban J connectivity index is 1.69. The van der Waals surface area contributed by atoms with Crippen molar-refractivity contribution >= 4 is 16.9 Å². The molecule has 0 saturated heterocycles. The Labute approximate surface area is 188 Å². The van der Waals surface area contributed by atoms with Gasteiger partial charge in [0.05, 0.1) is 11.3 Å². The summed E-state index contributed by atoms with van der Waals surface area (Å²) < 4.78 is 7.93. The number of fused-ring (bicyclic) bond motifs is 1. The van der Waals surface area contributed by atoms with Gasteiger partial charge in [-0.05, 0) is 53.4 Å². The molecule has 1 atom stereocenters. The lowest BCUT2D eigenvalue weighted by atomic mass is 9.68. The molecule has 0 aliphatic heterocycles. The van der Waals surface area contributed by atoms with Crippen LogP contribution >= 0.6 is 0 Å². The van der Waals surface area contributed by atoms with Gasteiger partial charge in [0.1, 0.15) is 12.4 Å². The van der Waals surface area contributed by atoms with Crippen LogP contribution in [0.4, 0.5) is 0 Å². The first-order valence-corrected chi connectivity index (χ1v) is 10.8. The summed E-state index contributed by atoms with van der Waals surface area (Å²) in [4.78, 5) is 15.7. The molecule has 2 aromatic carbocycles. The highest BCUT2D eigenvalue weighted by atomic mass is 16.5. The van der Waals surface area contributed by atoms with Crippen LogP contribution in [0.5, 0.6) is 5.75 Å². The maximum absolute atomic E-state index is 11.4. The zero-order valence-electron chi connectivity index (χ0n) is 18.9. The zero-order chi connectivity index (χ0) is 22.9. The van der Waals surface area contributed by atoms with E-state index in [0.29, 0.717) is 18.1 Å². The van der Waals surface area contributed by atoms with Gasteiger partial charge in [0.25, 0.3) is 0 Å². The third-order valence-corrected chi connectivity index (χ3v) is 6.52. The van der Waals surface area contributed by atoms with E-state index in [0.717, 1.165) is 22.3 Å². The van der Waals surface area contributed by atoms with Gasteiger partial charge in [-0.3, -0.25) is 4.98 Å². The second-order valence-corrected chi connectivity index (χ2v) is 8.68. The van der Waals surface area contributed by atoms with Gasteiger partial charge in [-0.15, -0.1) is 0 Å². The van der Waals surface area contributed by atoms with Crippen molar-refractivity contribution in [1.82, 2.24) is 9.55 Å². The van der Waals surface area contributed by atoms with Crippen LogP contribution in [0.1, 0.15) is 48.0 Å². The van der Waals surface area contributed by atoms with Gasteiger partial charge < -0.3 is 14.4 Å². The normalized spacial score (nSPS) is 13.3. The van der Waals surface area contributed by atoms with Crippen molar-refractivity contribution in [3.63, 3.8) is 0 Å². The van der Waals surface area contributed by atoms with Crippen LogP contribution in [0.2, 0.25) is 0 Å².